The van der Waals surface area contributed by atoms with Gasteiger partial charge in [-0.3, -0.25) is 9.19 Å². The van der Waals surface area contributed by atoms with Crippen molar-refractivity contribution >= 4 is 16.9 Å². The molecule has 128 valence electrons. The molecule has 0 bridgehead atoms. The second-order valence-electron chi connectivity index (χ2n) is 7.04. The summed E-state index contributed by atoms with van der Waals surface area (Å²) >= 11 is 0. The van der Waals surface area contributed by atoms with Gasteiger partial charge >= 0.3 is 6.09 Å². The standard InChI is InChI=1S/C17H26N2O3S/c1-17(2,3)22-16(20)19-10-4-5-15(11-19)13-23(21)12-14-6-8-18-9-7-14/h6-9,15H,4-5,10-13H2,1-3H3/t15-,23-/m0/s1. The number of aromatic nitrogens is 1. The topological polar surface area (TPSA) is 59.5 Å². The van der Waals surface area contributed by atoms with Crippen molar-refractivity contribution in [1.82, 2.24) is 9.88 Å². The Balaban J connectivity index is 1.84. The van der Waals surface area contributed by atoms with Gasteiger partial charge in [0, 0.05) is 47.8 Å². The van der Waals surface area contributed by atoms with Crippen molar-refractivity contribution in [3.8, 4) is 0 Å². The normalized spacial score (nSPS) is 20.1. The first-order chi connectivity index (χ1) is 10.8. The summed E-state index contributed by atoms with van der Waals surface area (Å²) < 4.78 is 17.8. The van der Waals surface area contributed by atoms with E-state index in [9.17, 15) is 9.00 Å². The van der Waals surface area contributed by atoms with E-state index in [1.165, 1.54) is 0 Å². The molecule has 2 atom stereocenters. The molecular formula is C17H26N2O3S. The lowest BCUT2D eigenvalue weighted by atomic mass is 10.0. The van der Waals surface area contributed by atoms with Crippen molar-refractivity contribution in [3.63, 3.8) is 0 Å². The van der Waals surface area contributed by atoms with Gasteiger partial charge in [-0.25, -0.2) is 4.79 Å². The lowest BCUT2D eigenvalue weighted by Crippen LogP contribution is -2.44. The Labute approximate surface area is 140 Å². The Morgan fingerprint density at radius 2 is 2.09 bits per heavy atom. The number of carbonyl (C=O) groups excluding carboxylic acids is 1. The third-order valence-corrected chi connectivity index (χ3v) is 5.17. The molecule has 1 aromatic heterocycles. The van der Waals surface area contributed by atoms with E-state index in [0.717, 1.165) is 24.9 Å². The van der Waals surface area contributed by atoms with Crippen molar-refractivity contribution in [2.24, 2.45) is 5.92 Å². The largest absolute Gasteiger partial charge is 0.444 e. The van der Waals surface area contributed by atoms with Gasteiger partial charge in [0.15, 0.2) is 0 Å². The number of nitrogens with zero attached hydrogens (tertiary/aromatic N) is 2. The zero-order valence-corrected chi connectivity index (χ0v) is 15.0. The summed E-state index contributed by atoms with van der Waals surface area (Å²) in [5.74, 6) is 1.45. The fourth-order valence-corrected chi connectivity index (χ4v) is 4.16. The van der Waals surface area contributed by atoms with Crippen LogP contribution in [0.4, 0.5) is 4.79 Å². The first-order valence-corrected chi connectivity index (χ1v) is 9.54. The highest BCUT2D eigenvalue weighted by Crippen LogP contribution is 2.20. The third-order valence-electron chi connectivity index (χ3n) is 3.67. The maximum atomic E-state index is 12.3. The van der Waals surface area contributed by atoms with Crippen LogP contribution >= 0.6 is 0 Å². The molecule has 1 amide bonds. The van der Waals surface area contributed by atoms with Crippen LogP contribution in [0.15, 0.2) is 24.5 Å². The van der Waals surface area contributed by atoms with Crippen LogP contribution in [0.1, 0.15) is 39.2 Å². The lowest BCUT2D eigenvalue weighted by Gasteiger charge is -2.34. The van der Waals surface area contributed by atoms with E-state index >= 15 is 0 Å². The van der Waals surface area contributed by atoms with Crippen LogP contribution in [0.25, 0.3) is 0 Å². The second kappa shape index (κ2) is 7.90. The highest BCUT2D eigenvalue weighted by atomic mass is 32.2. The third kappa shape index (κ3) is 6.29. The molecule has 0 spiro atoms. The molecule has 5 nitrogen and oxygen atoms in total. The smallest absolute Gasteiger partial charge is 0.410 e. The summed E-state index contributed by atoms with van der Waals surface area (Å²) in [5.41, 5.74) is 0.562. The fraction of sp³-hybridized carbons (Fsp3) is 0.647. The zero-order valence-electron chi connectivity index (χ0n) is 14.2. The van der Waals surface area contributed by atoms with Gasteiger partial charge in [-0.15, -0.1) is 0 Å². The van der Waals surface area contributed by atoms with Gasteiger partial charge in [0.25, 0.3) is 0 Å². The molecular weight excluding hydrogens is 312 g/mol. The van der Waals surface area contributed by atoms with Gasteiger partial charge in [0.2, 0.25) is 0 Å². The molecule has 1 aromatic rings. The second-order valence-corrected chi connectivity index (χ2v) is 8.54. The molecule has 2 rings (SSSR count). The van der Waals surface area contributed by atoms with Crippen molar-refractivity contribution < 1.29 is 13.7 Å². The van der Waals surface area contributed by atoms with Crippen molar-refractivity contribution in [3.05, 3.63) is 30.1 Å². The highest BCUT2D eigenvalue weighted by Gasteiger charge is 2.28. The van der Waals surface area contributed by atoms with Crippen molar-refractivity contribution in [2.75, 3.05) is 18.8 Å². The van der Waals surface area contributed by atoms with Gasteiger partial charge in [-0.05, 0) is 57.2 Å². The number of carbonyl (C=O) groups is 1. The van der Waals surface area contributed by atoms with Crippen LogP contribution in [-0.4, -0.2) is 44.6 Å². The molecule has 0 aliphatic carbocycles. The number of hydrogen-bond acceptors (Lipinski definition) is 4. The number of ether oxygens (including phenoxy) is 1. The predicted octanol–water partition coefficient (Wildman–Crippen LogP) is 2.98. The minimum absolute atomic E-state index is 0.262. The zero-order chi connectivity index (χ0) is 16.9. The Morgan fingerprint density at radius 1 is 1.39 bits per heavy atom. The van der Waals surface area contributed by atoms with E-state index in [4.69, 9.17) is 4.74 Å². The lowest BCUT2D eigenvalue weighted by molar-refractivity contribution is 0.0176. The maximum absolute atomic E-state index is 12.3. The van der Waals surface area contributed by atoms with E-state index in [1.54, 1.807) is 17.3 Å². The Bertz CT molecular complexity index is 543. The number of pyridine rings is 1. The molecule has 2 heterocycles. The molecule has 1 aliphatic heterocycles. The first kappa shape index (κ1) is 17.9. The number of piperidine rings is 1. The number of likely N-dealkylation sites (tertiary alicyclic amines) is 1. The van der Waals surface area contributed by atoms with Crippen LogP contribution in [0, 0.1) is 5.92 Å². The molecule has 0 saturated carbocycles. The summed E-state index contributed by atoms with van der Waals surface area (Å²) in [6.07, 6.45) is 5.13. The highest BCUT2D eigenvalue weighted by molar-refractivity contribution is 7.84. The quantitative estimate of drug-likeness (QED) is 0.847. The average molecular weight is 338 g/mol. The summed E-state index contributed by atoms with van der Waals surface area (Å²) in [4.78, 5) is 17.9. The molecule has 1 fully saturated rings. The van der Waals surface area contributed by atoms with E-state index in [2.05, 4.69) is 4.98 Å². The minimum Gasteiger partial charge on any atom is -0.444 e. The Morgan fingerprint density at radius 3 is 2.74 bits per heavy atom. The first-order valence-electron chi connectivity index (χ1n) is 8.05. The van der Waals surface area contributed by atoms with Crippen LogP contribution < -0.4 is 0 Å². The van der Waals surface area contributed by atoms with Crippen LogP contribution in [0.3, 0.4) is 0 Å². The summed E-state index contributed by atoms with van der Waals surface area (Å²) in [7, 11) is -0.922. The summed E-state index contributed by atoms with van der Waals surface area (Å²) in [6.45, 7) is 6.97. The molecule has 6 heteroatoms. The monoisotopic (exact) mass is 338 g/mol. The molecule has 1 saturated heterocycles. The molecule has 23 heavy (non-hydrogen) atoms. The average Bonchev–Trinajstić information content (AvgIpc) is 2.46. The molecule has 1 aliphatic rings. The molecule has 0 unspecified atom stereocenters. The van der Waals surface area contributed by atoms with Crippen molar-refractivity contribution in [2.45, 2.75) is 45.0 Å². The van der Waals surface area contributed by atoms with Gasteiger partial charge in [0.05, 0.1) is 0 Å². The van der Waals surface area contributed by atoms with E-state index in [0.29, 0.717) is 18.1 Å². The van der Waals surface area contributed by atoms with Crippen molar-refractivity contribution in [1.29, 1.82) is 0 Å². The van der Waals surface area contributed by atoms with Gasteiger partial charge in [-0.1, -0.05) is 0 Å². The minimum atomic E-state index is -0.922. The SMILES string of the molecule is CC(C)(C)OC(=O)N1CCC[C@H](C[S@@](=O)Cc2ccncc2)C1. The number of rotatable bonds is 4. The van der Waals surface area contributed by atoms with Gasteiger partial charge < -0.3 is 9.64 Å². The number of amides is 1. The van der Waals surface area contributed by atoms with Crippen LogP contribution in [0.5, 0.6) is 0 Å². The summed E-state index contributed by atoms with van der Waals surface area (Å²) in [6, 6.07) is 3.79. The Kier molecular flexibility index (Phi) is 6.16. The molecule has 0 radical (unpaired) electrons. The van der Waals surface area contributed by atoms with E-state index < -0.39 is 16.4 Å². The fourth-order valence-electron chi connectivity index (χ4n) is 2.68. The number of hydrogen-bond donors (Lipinski definition) is 0. The molecule has 0 N–H and O–H groups in total. The Hall–Kier alpha value is -1.43. The van der Waals surface area contributed by atoms with Crippen LogP contribution in [0.2, 0.25) is 0 Å². The summed E-state index contributed by atoms with van der Waals surface area (Å²) in [5, 5.41) is 0. The van der Waals surface area contributed by atoms with Gasteiger partial charge in [-0.2, -0.15) is 0 Å². The van der Waals surface area contributed by atoms with Gasteiger partial charge in [0.1, 0.15) is 5.60 Å². The van der Waals surface area contributed by atoms with Crippen LogP contribution in [-0.2, 0) is 21.3 Å². The molecule has 0 aromatic carbocycles. The predicted molar refractivity (Wildman–Crippen MR) is 91.5 cm³/mol. The van der Waals surface area contributed by atoms with E-state index in [-0.39, 0.29) is 12.0 Å². The maximum Gasteiger partial charge on any atom is 0.410 e. The van der Waals surface area contributed by atoms with E-state index in [1.807, 2.05) is 32.9 Å².